The summed E-state index contributed by atoms with van der Waals surface area (Å²) in [5.41, 5.74) is 1.85. The topological polar surface area (TPSA) is 62.0 Å². The summed E-state index contributed by atoms with van der Waals surface area (Å²) < 4.78 is 0. The van der Waals surface area contributed by atoms with E-state index in [-0.39, 0.29) is 11.3 Å². The van der Waals surface area contributed by atoms with Crippen molar-refractivity contribution in [1.82, 2.24) is 10.3 Å². The number of aromatic amines is 1. The van der Waals surface area contributed by atoms with Crippen LogP contribution in [0.15, 0.2) is 41.2 Å². The zero-order chi connectivity index (χ0) is 16.8. The Labute approximate surface area is 141 Å². The average molecular weight is 344 g/mol. The van der Waals surface area contributed by atoms with Crippen molar-refractivity contribution in [2.75, 3.05) is 0 Å². The molecule has 0 fully saturated rings. The maximum Gasteiger partial charge on any atom is 0.253 e. The Kier molecular flexibility index (Phi) is 3.95. The van der Waals surface area contributed by atoms with Crippen molar-refractivity contribution in [1.29, 1.82) is 0 Å². The van der Waals surface area contributed by atoms with Crippen LogP contribution in [-0.2, 0) is 0 Å². The van der Waals surface area contributed by atoms with Gasteiger partial charge in [0.1, 0.15) is 0 Å². The smallest absolute Gasteiger partial charge is 0.253 e. The van der Waals surface area contributed by atoms with Gasteiger partial charge in [0.2, 0.25) is 0 Å². The Bertz CT molecular complexity index is 989. The average Bonchev–Trinajstić information content (AvgIpc) is 2.46. The fraction of sp³-hybridized carbons (Fsp3) is 0.176. The van der Waals surface area contributed by atoms with Crippen LogP contribution in [0.4, 0.5) is 0 Å². The number of pyridine rings is 1. The summed E-state index contributed by atoms with van der Waals surface area (Å²) in [6.07, 6.45) is 0. The number of benzene rings is 2. The van der Waals surface area contributed by atoms with Gasteiger partial charge in [-0.2, -0.15) is 12.6 Å². The maximum absolute atomic E-state index is 12.6. The van der Waals surface area contributed by atoms with E-state index < -0.39 is 4.87 Å². The third-order valence-electron chi connectivity index (χ3n) is 3.54. The lowest BCUT2D eigenvalue weighted by atomic mass is 10.1. The van der Waals surface area contributed by atoms with Gasteiger partial charge in [-0.15, -0.1) is 9.24 Å². The van der Waals surface area contributed by atoms with E-state index in [1.54, 1.807) is 32.0 Å². The zero-order valence-electron chi connectivity index (χ0n) is 12.8. The molecule has 0 aliphatic carbocycles. The van der Waals surface area contributed by atoms with Crippen LogP contribution in [0.25, 0.3) is 21.8 Å². The third-order valence-corrected chi connectivity index (χ3v) is 4.13. The summed E-state index contributed by atoms with van der Waals surface area (Å²) in [7, 11) is 2.52. The second kappa shape index (κ2) is 5.66. The van der Waals surface area contributed by atoms with E-state index in [4.69, 9.17) is 0 Å². The standard InChI is InChI=1S/C17H17N2O2PS/c1-17(2,23)19-16(21)11-7-13-10(8-14(11)22)15(20)9-5-3-4-6-12(9)18-13/h3-8,23H,22H2,1-2H3,(H,18,20)(H,19,21). The van der Waals surface area contributed by atoms with E-state index in [0.29, 0.717) is 27.2 Å². The minimum Gasteiger partial charge on any atom is -0.354 e. The highest BCUT2D eigenvalue weighted by Gasteiger charge is 2.19. The number of para-hydroxylation sites is 1. The van der Waals surface area contributed by atoms with Gasteiger partial charge < -0.3 is 10.3 Å². The third kappa shape index (κ3) is 3.12. The second-order valence-electron chi connectivity index (χ2n) is 6.00. The molecule has 1 atom stereocenters. The van der Waals surface area contributed by atoms with Crippen LogP contribution in [-0.4, -0.2) is 15.8 Å². The van der Waals surface area contributed by atoms with Gasteiger partial charge in [0.25, 0.3) is 5.91 Å². The molecule has 0 bridgehead atoms. The van der Waals surface area contributed by atoms with Crippen molar-refractivity contribution in [3.8, 4) is 0 Å². The maximum atomic E-state index is 12.6. The van der Waals surface area contributed by atoms with E-state index in [1.807, 2.05) is 18.2 Å². The molecule has 6 heteroatoms. The number of rotatable bonds is 2. The molecule has 1 unspecified atom stereocenters. The summed E-state index contributed by atoms with van der Waals surface area (Å²) in [5, 5.41) is 4.69. The minimum absolute atomic E-state index is 0.0421. The first-order valence-corrected chi connectivity index (χ1v) is 8.18. The molecule has 0 radical (unpaired) electrons. The number of aromatic nitrogens is 1. The molecule has 3 aromatic rings. The molecule has 4 nitrogen and oxygen atoms in total. The lowest BCUT2D eigenvalue weighted by Gasteiger charge is -2.20. The number of thiol groups is 1. The predicted molar refractivity (Wildman–Crippen MR) is 102 cm³/mol. The second-order valence-corrected chi connectivity index (χ2v) is 7.74. The summed E-state index contributed by atoms with van der Waals surface area (Å²) in [6.45, 7) is 3.60. The molecule has 2 aromatic carbocycles. The number of carbonyl (C=O) groups is 1. The van der Waals surface area contributed by atoms with E-state index in [9.17, 15) is 9.59 Å². The number of fused-ring (bicyclic) bond motifs is 2. The fourth-order valence-corrected chi connectivity index (χ4v) is 3.01. The molecule has 1 aromatic heterocycles. The van der Waals surface area contributed by atoms with E-state index >= 15 is 0 Å². The first kappa shape index (κ1) is 16.0. The number of carbonyl (C=O) groups excluding carboxylic acids is 1. The van der Waals surface area contributed by atoms with Crippen molar-refractivity contribution < 1.29 is 4.79 Å². The van der Waals surface area contributed by atoms with Gasteiger partial charge in [-0.25, -0.2) is 0 Å². The van der Waals surface area contributed by atoms with Gasteiger partial charge in [0.05, 0.1) is 10.4 Å². The van der Waals surface area contributed by atoms with Gasteiger partial charge in [0.15, 0.2) is 5.43 Å². The van der Waals surface area contributed by atoms with Crippen LogP contribution < -0.4 is 16.1 Å². The fourth-order valence-electron chi connectivity index (χ4n) is 2.53. The molecular formula is C17H17N2O2PS. The van der Waals surface area contributed by atoms with Crippen molar-refractivity contribution in [3.63, 3.8) is 0 Å². The minimum atomic E-state index is -0.625. The normalized spacial score (nSPS) is 11.8. The lowest BCUT2D eigenvalue weighted by Crippen LogP contribution is -2.40. The van der Waals surface area contributed by atoms with Gasteiger partial charge in [0, 0.05) is 21.9 Å². The first-order valence-electron chi connectivity index (χ1n) is 7.15. The van der Waals surface area contributed by atoms with Crippen molar-refractivity contribution in [2.24, 2.45) is 0 Å². The number of hydrogen-bond acceptors (Lipinski definition) is 3. The van der Waals surface area contributed by atoms with Crippen LogP contribution in [0.2, 0.25) is 0 Å². The molecule has 2 N–H and O–H groups in total. The molecule has 0 aliphatic rings. The van der Waals surface area contributed by atoms with E-state index in [1.165, 1.54) is 0 Å². The Hall–Kier alpha value is -1.84. The molecule has 0 saturated heterocycles. The van der Waals surface area contributed by atoms with Crippen molar-refractivity contribution in [3.05, 3.63) is 52.2 Å². The van der Waals surface area contributed by atoms with Crippen molar-refractivity contribution >= 4 is 54.9 Å². The van der Waals surface area contributed by atoms with Crippen LogP contribution in [0.5, 0.6) is 0 Å². The van der Waals surface area contributed by atoms with E-state index in [0.717, 1.165) is 5.52 Å². The lowest BCUT2D eigenvalue weighted by molar-refractivity contribution is 0.0938. The Morgan fingerprint density at radius 2 is 1.87 bits per heavy atom. The number of amides is 1. The molecule has 0 saturated carbocycles. The molecule has 118 valence electrons. The molecule has 0 aliphatic heterocycles. The highest BCUT2D eigenvalue weighted by molar-refractivity contribution is 7.81. The van der Waals surface area contributed by atoms with Gasteiger partial charge >= 0.3 is 0 Å². The number of H-pyrrole nitrogens is 1. The number of nitrogens with one attached hydrogen (secondary N) is 2. The molecule has 1 amide bonds. The zero-order valence-corrected chi connectivity index (χ0v) is 14.9. The Balaban J connectivity index is 2.24. The number of hydrogen-bond donors (Lipinski definition) is 3. The summed E-state index contributed by atoms with van der Waals surface area (Å²) in [6, 6.07) is 10.8. The molecule has 1 heterocycles. The Morgan fingerprint density at radius 1 is 1.17 bits per heavy atom. The highest BCUT2D eigenvalue weighted by atomic mass is 32.1. The van der Waals surface area contributed by atoms with Crippen molar-refractivity contribution in [2.45, 2.75) is 18.7 Å². The van der Waals surface area contributed by atoms with Crippen LogP contribution in [0.1, 0.15) is 24.2 Å². The van der Waals surface area contributed by atoms with Crippen LogP contribution in [0, 0.1) is 0 Å². The van der Waals surface area contributed by atoms with E-state index in [2.05, 4.69) is 32.2 Å². The molecular weight excluding hydrogens is 327 g/mol. The van der Waals surface area contributed by atoms with Crippen LogP contribution in [0.3, 0.4) is 0 Å². The summed E-state index contributed by atoms with van der Waals surface area (Å²) in [4.78, 5) is 27.6. The quantitative estimate of drug-likeness (QED) is 0.290. The predicted octanol–water partition coefficient (Wildman–Crippen LogP) is 2.58. The molecule has 23 heavy (non-hydrogen) atoms. The summed E-state index contributed by atoms with van der Waals surface area (Å²) in [5.74, 6) is -0.231. The monoisotopic (exact) mass is 344 g/mol. The largest absolute Gasteiger partial charge is 0.354 e. The highest BCUT2D eigenvalue weighted by Crippen LogP contribution is 2.17. The molecule has 3 rings (SSSR count). The molecule has 0 spiro atoms. The summed E-state index contributed by atoms with van der Waals surface area (Å²) >= 11 is 4.32. The van der Waals surface area contributed by atoms with Crippen LogP contribution >= 0.6 is 21.9 Å². The van der Waals surface area contributed by atoms with Gasteiger partial charge in [-0.05, 0) is 43.4 Å². The SMILES string of the molecule is CC(C)(S)NC(=O)c1cc2[nH]c3ccccc3c(=O)c2cc1P. The Morgan fingerprint density at radius 3 is 2.57 bits per heavy atom. The first-order chi connectivity index (χ1) is 10.8. The van der Waals surface area contributed by atoms with Gasteiger partial charge in [-0.3, -0.25) is 9.59 Å². The van der Waals surface area contributed by atoms with Gasteiger partial charge in [-0.1, -0.05) is 12.1 Å².